The summed E-state index contributed by atoms with van der Waals surface area (Å²) in [7, 11) is 0. The van der Waals surface area contributed by atoms with Crippen molar-refractivity contribution in [2.24, 2.45) is 0 Å². The molecular formula is C17H19N7S. The molecule has 0 spiro atoms. The average molecular weight is 353 g/mol. The Labute approximate surface area is 150 Å². The van der Waals surface area contributed by atoms with Crippen molar-refractivity contribution in [2.45, 2.75) is 25.8 Å². The molecule has 128 valence electrons. The van der Waals surface area contributed by atoms with E-state index >= 15 is 0 Å². The van der Waals surface area contributed by atoms with Crippen LogP contribution in [0.5, 0.6) is 0 Å². The second-order valence-electron chi connectivity index (χ2n) is 5.90. The average Bonchev–Trinajstić information content (AvgIpc) is 3.07. The summed E-state index contributed by atoms with van der Waals surface area (Å²) in [4.78, 5) is 13.3. The van der Waals surface area contributed by atoms with Gasteiger partial charge in [0.05, 0.1) is 6.54 Å². The van der Waals surface area contributed by atoms with Gasteiger partial charge in [0.2, 0.25) is 0 Å². The molecule has 8 heteroatoms. The van der Waals surface area contributed by atoms with E-state index in [9.17, 15) is 0 Å². The molecule has 3 aromatic heterocycles. The van der Waals surface area contributed by atoms with E-state index in [2.05, 4.69) is 42.7 Å². The molecule has 3 aromatic rings. The zero-order valence-corrected chi connectivity index (χ0v) is 14.8. The quantitative estimate of drug-likeness (QED) is 0.702. The lowest BCUT2D eigenvalue weighted by Crippen LogP contribution is -2.39. The van der Waals surface area contributed by atoms with Crippen LogP contribution >= 0.6 is 11.3 Å². The molecule has 4 heterocycles. The van der Waals surface area contributed by atoms with Crippen LogP contribution in [-0.4, -0.2) is 38.2 Å². The van der Waals surface area contributed by atoms with Gasteiger partial charge in [-0.15, -0.1) is 10.2 Å². The third-order valence-corrected chi connectivity index (χ3v) is 5.20. The fraction of sp³-hybridized carbons (Fsp3) is 0.353. The second-order valence-corrected chi connectivity index (χ2v) is 6.99. The predicted octanol–water partition coefficient (Wildman–Crippen LogP) is 2.25. The Bertz CT molecular complexity index is 845. The van der Waals surface area contributed by atoms with E-state index < -0.39 is 0 Å². The fourth-order valence-electron chi connectivity index (χ4n) is 2.53. The highest BCUT2D eigenvalue weighted by atomic mass is 32.1. The van der Waals surface area contributed by atoms with Gasteiger partial charge in [-0.1, -0.05) is 18.3 Å². The number of nitrogens with zero attached hydrogens (tertiary/aromatic N) is 5. The Balaban J connectivity index is 1.50. The van der Waals surface area contributed by atoms with Gasteiger partial charge in [-0.3, -0.25) is 4.98 Å². The maximum Gasteiger partial charge on any atom is 0.161 e. The van der Waals surface area contributed by atoms with Crippen LogP contribution in [0.3, 0.4) is 0 Å². The van der Waals surface area contributed by atoms with Crippen LogP contribution in [0.25, 0.3) is 11.4 Å². The molecule has 0 unspecified atom stereocenters. The minimum atomic E-state index is 0.523. The number of aromatic nitrogens is 5. The highest BCUT2D eigenvalue weighted by Crippen LogP contribution is 2.24. The largest absolute Gasteiger partial charge is 0.363 e. The summed E-state index contributed by atoms with van der Waals surface area (Å²) >= 11 is 1.67. The number of hydrogen-bond acceptors (Lipinski definition) is 8. The van der Waals surface area contributed by atoms with Crippen LogP contribution in [0.15, 0.2) is 30.6 Å². The van der Waals surface area contributed by atoms with Crippen molar-refractivity contribution in [1.29, 1.82) is 0 Å². The van der Waals surface area contributed by atoms with E-state index in [1.807, 2.05) is 18.2 Å². The molecule has 1 saturated heterocycles. The van der Waals surface area contributed by atoms with Crippen molar-refractivity contribution in [3.8, 4) is 11.4 Å². The number of hydrogen-bond donors (Lipinski definition) is 2. The smallest absolute Gasteiger partial charge is 0.161 e. The Morgan fingerprint density at radius 3 is 2.76 bits per heavy atom. The maximum absolute atomic E-state index is 4.63. The van der Waals surface area contributed by atoms with Crippen LogP contribution in [0, 0.1) is 0 Å². The first kappa shape index (κ1) is 16.0. The van der Waals surface area contributed by atoms with Gasteiger partial charge in [0.1, 0.15) is 15.8 Å². The molecule has 1 aliphatic heterocycles. The van der Waals surface area contributed by atoms with Crippen molar-refractivity contribution < 1.29 is 0 Å². The normalized spacial score (nSPS) is 14.3. The van der Waals surface area contributed by atoms with Gasteiger partial charge < -0.3 is 10.6 Å². The molecule has 0 radical (unpaired) electrons. The first-order valence-corrected chi connectivity index (χ1v) is 9.18. The summed E-state index contributed by atoms with van der Waals surface area (Å²) < 4.78 is 0. The van der Waals surface area contributed by atoms with Gasteiger partial charge in [0, 0.05) is 48.7 Å². The summed E-state index contributed by atoms with van der Waals surface area (Å²) in [6.45, 7) is 4.71. The molecule has 4 rings (SSSR count). The lowest BCUT2D eigenvalue weighted by atomic mass is 10.1. The topological polar surface area (TPSA) is 88.5 Å². The number of aryl methyl sites for hydroxylation is 1. The van der Waals surface area contributed by atoms with E-state index in [1.54, 1.807) is 23.7 Å². The summed E-state index contributed by atoms with van der Waals surface area (Å²) in [6.07, 6.45) is 4.36. The predicted molar refractivity (Wildman–Crippen MR) is 97.5 cm³/mol. The van der Waals surface area contributed by atoms with E-state index in [4.69, 9.17) is 0 Å². The van der Waals surface area contributed by atoms with Gasteiger partial charge in [0.25, 0.3) is 0 Å². The SMILES string of the molecule is CCc1cc(NCc2nnc(C3CNC3)s2)nc(-c2ccncc2)n1. The molecule has 0 bridgehead atoms. The third-order valence-electron chi connectivity index (χ3n) is 4.11. The lowest BCUT2D eigenvalue weighted by molar-refractivity contribution is 0.444. The monoisotopic (exact) mass is 353 g/mol. The maximum atomic E-state index is 4.63. The number of anilines is 1. The molecule has 0 aliphatic carbocycles. The lowest BCUT2D eigenvalue weighted by Gasteiger charge is -2.23. The molecule has 0 aromatic carbocycles. The molecular weight excluding hydrogens is 334 g/mol. The first-order valence-electron chi connectivity index (χ1n) is 8.37. The van der Waals surface area contributed by atoms with Crippen molar-refractivity contribution in [2.75, 3.05) is 18.4 Å². The van der Waals surface area contributed by atoms with E-state index in [0.29, 0.717) is 18.3 Å². The Hall–Kier alpha value is -2.45. The van der Waals surface area contributed by atoms with Crippen molar-refractivity contribution in [1.82, 2.24) is 30.5 Å². The highest BCUT2D eigenvalue weighted by molar-refractivity contribution is 7.11. The van der Waals surface area contributed by atoms with E-state index in [0.717, 1.165) is 46.6 Å². The van der Waals surface area contributed by atoms with Gasteiger partial charge >= 0.3 is 0 Å². The Morgan fingerprint density at radius 1 is 1.20 bits per heavy atom. The third kappa shape index (κ3) is 3.64. The summed E-state index contributed by atoms with van der Waals surface area (Å²) in [6, 6.07) is 5.83. The van der Waals surface area contributed by atoms with Crippen LogP contribution in [-0.2, 0) is 13.0 Å². The van der Waals surface area contributed by atoms with Gasteiger partial charge in [-0.2, -0.15) is 0 Å². The molecule has 2 N–H and O–H groups in total. The van der Waals surface area contributed by atoms with Crippen molar-refractivity contribution in [3.63, 3.8) is 0 Å². The molecule has 1 aliphatic rings. The van der Waals surface area contributed by atoms with Crippen LogP contribution < -0.4 is 10.6 Å². The van der Waals surface area contributed by atoms with Crippen molar-refractivity contribution in [3.05, 3.63) is 46.3 Å². The minimum absolute atomic E-state index is 0.523. The van der Waals surface area contributed by atoms with Gasteiger partial charge in [-0.25, -0.2) is 9.97 Å². The van der Waals surface area contributed by atoms with Crippen LogP contribution in [0.1, 0.15) is 28.6 Å². The number of nitrogens with one attached hydrogen (secondary N) is 2. The molecule has 25 heavy (non-hydrogen) atoms. The molecule has 0 amide bonds. The van der Waals surface area contributed by atoms with E-state index in [1.165, 1.54) is 0 Å². The molecule has 7 nitrogen and oxygen atoms in total. The van der Waals surface area contributed by atoms with Gasteiger partial charge in [0.15, 0.2) is 5.82 Å². The van der Waals surface area contributed by atoms with E-state index in [-0.39, 0.29) is 0 Å². The number of pyridine rings is 1. The molecule has 0 atom stereocenters. The Morgan fingerprint density at radius 2 is 2.04 bits per heavy atom. The molecule has 0 saturated carbocycles. The summed E-state index contributed by atoms with van der Waals surface area (Å²) in [5, 5.41) is 17.3. The van der Waals surface area contributed by atoms with Crippen LogP contribution in [0.2, 0.25) is 0 Å². The zero-order valence-electron chi connectivity index (χ0n) is 13.9. The highest BCUT2D eigenvalue weighted by Gasteiger charge is 2.22. The number of rotatable bonds is 6. The fourth-order valence-corrected chi connectivity index (χ4v) is 3.41. The Kier molecular flexibility index (Phi) is 4.62. The minimum Gasteiger partial charge on any atom is -0.363 e. The summed E-state index contributed by atoms with van der Waals surface area (Å²) in [5.41, 5.74) is 1.96. The standard InChI is InChI=1S/C17H19N7S/c1-2-13-7-14(22-16(21-13)11-3-5-18-6-4-11)20-10-15-23-24-17(25-15)12-8-19-9-12/h3-7,12,19H,2,8-10H2,1H3,(H,20,21,22). The van der Waals surface area contributed by atoms with Crippen LogP contribution in [0.4, 0.5) is 5.82 Å². The second kappa shape index (κ2) is 7.20. The summed E-state index contributed by atoms with van der Waals surface area (Å²) in [5.74, 6) is 2.04. The zero-order chi connectivity index (χ0) is 17.1. The van der Waals surface area contributed by atoms with Gasteiger partial charge in [-0.05, 0) is 18.6 Å². The first-order chi connectivity index (χ1) is 12.3. The van der Waals surface area contributed by atoms with Crippen molar-refractivity contribution >= 4 is 17.2 Å². The molecule has 1 fully saturated rings.